The van der Waals surface area contributed by atoms with E-state index in [1.165, 1.54) is 63.4 Å². The van der Waals surface area contributed by atoms with E-state index < -0.39 is 5.60 Å². The van der Waals surface area contributed by atoms with Crippen molar-refractivity contribution in [1.82, 2.24) is 0 Å². The summed E-state index contributed by atoms with van der Waals surface area (Å²) in [6.07, 6.45) is 15.5. The van der Waals surface area contributed by atoms with Crippen molar-refractivity contribution in [2.24, 2.45) is 23.2 Å². The predicted molar refractivity (Wildman–Crippen MR) is 77.8 cm³/mol. The molecule has 0 heterocycles. The Kier molecular flexibility index (Phi) is 2.68. The molecule has 0 aromatic rings. The Bertz CT molecular complexity index is 412. The predicted octanol–water partition coefficient (Wildman–Crippen LogP) is 4.45. The van der Waals surface area contributed by atoms with Crippen LogP contribution in [0.15, 0.2) is 11.6 Å². The molecule has 4 rings (SSSR count). The highest BCUT2D eigenvalue weighted by Gasteiger charge is 2.54. The third kappa shape index (κ3) is 1.63. The Morgan fingerprint density at radius 1 is 1.05 bits per heavy atom. The highest BCUT2D eigenvalue weighted by Crippen LogP contribution is 2.61. The zero-order valence-corrected chi connectivity index (χ0v) is 12.3. The molecule has 1 nitrogen and oxygen atoms in total. The number of rotatable bonds is 0. The van der Waals surface area contributed by atoms with Crippen molar-refractivity contribution in [3.05, 3.63) is 11.6 Å². The Morgan fingerprint density at radius 2 is 1.95 bits per heavy atom. The van der Waals surface area contributed by atoms with Gasteiger partial charge in [0.1, 0.15) is 0 Å². The average Bonchev–Trinajstić information content (AvgIpc) is 2.79. The molecule has 0 aromatic carbocycles. The normalized spacial score (nSPS) is 52.9. The minimum Gasteiger partial charge on any atom is -0.385 e. The van der Waals surface area contributed by atoms with E-state index in [0.717, 1.165) is 18.3 Å². The van der Waals surface area contributed by atoms with Crippen molar-refractivity contribution in [3.63, 3.8) is 0 Å². The molecule has 0 aromatic heterocycles. The molecular weight excluding hydrogens is 232 g/mol. The summed E-state index contributed by atoms with van der Waals surface area (Å²) < 4.78 is 0. The molecule has 4 aliphatic rings. The van der Waals surface area contributed by atoms with E-state index in [1.807, 2.05) is 0 Å². The molecule has 0 bridgehead atoms. The summed E-state index contributed by atoms with van der Waals surface area (Å²) in [6.45, 7) is 2.51. The zero-order valence-electron chi connectivity index (χ0n) is 12.3. The van der Waals surface area contributed by atoms with E-state index in [0.29, 0.717) is 11.3 Å². The third-order valence-electron chi connectivity index (χ3n) is 7.19. The van der Waals surface area contributed by atoms with Gasteiger partial charge in [0.2, 0.25) is 0 Å². The molecule has 3 fully saturated rings. The summed E-state index contributed by atoms with van der Waals surface area (Å²) in [5.74, 6) is 2.18. The van der Waals surface area contributed by atoms with Crippen LogP contribution in [0.1, 0.15) is 71.1 Å². The Hall–Kier alpha value is -0.300. The van der Waals surface area contributed by atoms with Crippen molar-refractivity contribution in [3.8, 4) is 0 Å². The largest absolute Gasteiger partial charge is 0.385 e. The highest BCUT2D eigenvalue weighted by atomic mass is 16.3. The molecule has 4 aliphatic carbocycles. The summed E-state index contributed by atoms with van der Waals surface area (Å²) in [4.78, 5) is 0. The maximum atomic E-state index is 11.3. The van der Waals surface area contributed by atoms with Gasteiger partial charge in [-0.2, -0.15) is 0 Å². The van der Waals surface area contributed by atoms with Gasteiger partial charge in [-0.15, -0.1) is 0 Å². The number of allylic oxidation sites excluding steroid dienone is 1. The molecule has 0 spiro atoms. The second-order valence-corrected chi connectivity index (χ2v) is 8.07. The van der Waals surface area contributed by atoms with Crippen LogP contribution in [0.5, 0.6) is 0 Å². The first kappa shape index (κ1) is 12.4. The van der Waals surface area contributed by atoms with Crippen LogP contribution in [0, 0.1) is 23.2 Å². The number of hydrogen-bond donors (Lipinski definition) is 1. The van der Waals surface area contributed by atoms with Crippen LogP contribution in [0.2, 0.25) is 0 Å². The van der Waals surface area contributed by atoms with E-state index in [2.05, 4.69) is 13.0 Å². The van der Waals surface area contributed by atoms with Gasteiger partial charge in [0.25, 0.3) is 0 Å². The van der Waals surface area contributed by atoms with Gasteiger partial charge in [0.15, 0.2) is 0 Å². The molecule has 0 radical (unpaired) electrons. The van der Waals surface area contributed by atoms with E-state index in [4.69, 9.17) is 0 Å². The zero-order chi connectivity index (χ0) is 13.1. The lowest BCUT2D eigenvalue weighted by Crippen LogP contribution is -2.51. The molecule has 5 atom stereocenters. The van der Waals surface area contributed by atoms with Crippen molar-refractivity contribution >= 4 is 0 Å². The van der Waals surface area contributed by atoms with Gasteiger partial charge < -0.3 is 5.11 Å². The smallest absolute Gasteiger partial charge is 0.0887 e. The lowest BCUT2D eigenvalue weighted by atomic mass is 9.53. The minimum atomic E-state index is -0.398. The number of hydrogen-bond acceptors (Lipinski definition) is 1. The maximum absolute atomic E-state index is 11.3. The van der Waals surface area contributed by atoms with Crippen LogP contribution in [-0.2, 0) is 0 Å². The van der Waals surface area contributed by atoms with Crippen molar-refractivity contribution in [2.45, 2.75) is 76.7 Å². The van der Waals surface area contributed by atoms with Crippen LogP contribution in [0.25, 0.3) is 0 Å². The van der Waals surface area contributed by atoms with Gasteiger partial charge in [-0.05, 0) is 73.7 Å². The van der Waals surface area contributed by atoms with Crippen LogP contribution in [0.3, 0.4) is 0 Å². The molecule has 0 aliphatic heterocycles. The molecule has 1 unspecified atom stereocenters. The topological polar surface area (TPSA) is 20.2 Å². The summed E-state index contributed by atoms with van der Waals surface area (Å²) >= 11 is 0. The molecule has 3 saturated carbocycles. The second kappa shape index (κ2) is 4.10. The quantitative estimate of drug-likeness (QED) is 0.638. The summed E-state index contributed by atoms with van der Waals surface area (Å²) in [5, 5.41) is 11.3. The van der Waals surface area contributed by atoms with Gasteiger partial charge in [-0.25, -0.2) is 0 Å². The first-order valence-corrected chi connectivity index (χ1v) is 8.56. The van der Waals surface area contributed by atoms with Gasteiger partial charge in [0, 0.05) is 0 Å². The molecular formula is C18H28O. The van der Waals surface area contributed by atoms with E-state index in [1.54, 1.807) is 0 Å². The SMILES string of the molecule is C[C@]12CC=C3[C@@H](CCC4CCCC[C@@]34O)[C@@H]1CCC2. The lowest BCUT2D eigenvalue weighted by molar-refractivity contribution is -0.0606. The summed E-state index contributed by atoms with van der Waals surface area (Å²) in [6, 6.07) is 0. The molecule has 1 heteroatoms. The van der Waals surface area contributed by atoms with Crippen LogP contribution in [0.4, 0.5) is 0 Å². The van der Waals surface area contributed by atoms with E-state index in [9.17, 15) is 5.11 Å². The molecule has 19 heavy (non-hydrogen) atoms. The minimum absolute atomic E-state index is 0.398. The molecule has 0 saturated heterocycles. The number of fused-ring (bicyclic) bond motifs is 5. The van der Waals surface area contributed by atoms with Crippen molar-refractivity contribution in [2.75, 3.05) is 0 Å². The van der Waals surface area contributed by atoms with Crippen molar-refractivity contribution in [1.29, 1.82) is 0 Å². The monoisotopic (exact) mass is 260 g/mol. The first-order chi connectivity index (χ1) is 9.13. The Labute approximate surface area is 117 Å². The fourth-order valence-electron chi connectivity index (χ4n) is 6.14. The maximum Gasteiger partial charge on any atom is 0.0887 e. The summed E-state index contributed by atoms with van der Waals surface area (Å²) in [5.41, 5.74) is 1.66. The van der Waals surface area contributed by atoms with Crippen molar-refractivity contribution < 1.29 is 5.11 Å². The molecule has 1 N–H and O–H groups in total. The van der Waals surface area contributed by atoms with E-state index >= 15 is 0 Å². The van der Waals surface area contributed by atoms with Crippen LogP contribution >= 0.6 is 0 Å². The van der Waals surface area contributed by atoms with Gasteiger partial charge >= 0.3 is 0 Å². The number of aliphatic hydroxyl groups is 1. The van der Waals surface area contributed by atoms with E-state index in [-0.39, 0.29) is 0 Å². The van der Waals surface area contributed by atoms with Gasteiger partial charge in [-0.3, -0.25) is 0 Å². The van der Waals surface area contributed by atoms with Crippen LogP contribution in [-0.4, -0.2) is 10.7 Å². The Balaban J connectivity index is 1.72. The van der Waals surface area contributed by atoms with Gasteiger partial charge in [0.05, 0.1) is 5.60 Å². The van der Waals surface area contributed by atoms with Gasteiger partial charge in [-0.1, -0.05) is 32.3 Å². The fraction of sp³-hybridized carbons (Fsp3) is 0.889. The highest BCUT2D eigenvalue weighted by molar-refractivity contribution is 5.30. The first-order valence-electron chi connectivity index (χ1n) is 8.56. The van der Waals surface area contributed by atoms with Crippen LogP contribution < -0.4 is 0 Å². The molecule has 0 amide bonds. The fourth-order valence-corrected chi connectivity index (χ4v) is 6.14. The summed E-state index contributed by atoms with van der Waals surface area (Å²) in [7, 11) is 0. The third-order valence-corrected chi connectivity index (χ3v) is 7.19. The second-order valence-electron chi connectivity index (χ2n) is 8.07. The molecule has 106 valence electrons. The Morgan fingerprint density at radius 3 is 2.84 bits per heavy atom. The average molecular weight is 260 g/mol. The lowest BCUT2D eigenvalue weighted by Gasteiger charge is -2.54. The standard InChI is InChI=1S/C18H28O/c1-17-10-4-6-15(17)14-8-7-13-5-2-3-11-18(13,19)16(14)9-12-17/h9,13-15,19H,2-8,10-12H2,1H3/t13?,14-,15-,17-,18-/m0/s1.